The Bertz CT molecular complexity index is 781. The van der Waals surface area contributed by atoms with Crippen molar-refractivity contribution in [2.75, 3.05) is 0 Å². The fourth-order valence-corrected chi connectivity index (χ4v) is 3.12. The Hall–Kier alpha value is -1.64. The van der Waals surface area contributed by atoms with Gasteiger partial charge in [-0.15, -0.1) is 11.3 Å². The number of aryl methyl sites for hydroxylation is 1. The van der Waals surface area contributed by atoms with Gasteiger partial charge in [-0.05, 0) is 45.9 Å². The highest BCUT2D eigenvalue weighted by molar-refractivity contribution is 9.10. The SMILES string of the molecule is Cc1cc2nc(-c3cccs3)c(CC#N)n2cc1Br. The summed E-state index contributed by atoms with van der Waals surface area (Å²) in [6.45, 7) is 2.04. The van der Waals surface area contributed by atoms with E-state index in [1.165, 1.54) is 0 Å². The van der Waals surface area contributed by atoms with Gasteiger partial charge in [-0.2, -0.15) is 5.26 Å². The maximum Gasteiger partial charge on any atom is 0.138 e. The van der Waals surface area contributed by atoms with E-state index in [-0.39, 0.29) is 0 Å². The lowest BCUT2D eigenvalue weighted by Crippen LogP contribution is -1.94. The van der Waals surface area contributed by atoms with Crippen LogP contribution in [0.15, 0.2) is 34.2 Å². The summed E-state index contributed by atoms with van der Waals surface area (Å²) in [7, 11) is 0. The van der Waals surface area contributed by atoms with E-state index < -0.39 is 0 Å². The van der Waals surface area contributed by atoms with Crippen molar-refractivity contribution in [3.05, 3.63) is 45.5 Å². The zero-order valence-electron chi connectivity index (χ0n) is 10.2. The minimum atomic E-state index is 0.351. The lowest BCUT2D eigenvalue weighted by atomic mass is 10.2. The number of pyridine rings is 1. The number of nitriles is 1. The molecule has 94 valence electrons. The molecule has 3 nitrogen and oxygen atoms in total. The monoisotopic (exact) mass is 331 g/mol. The molecule has 3 rings (SSSR count). The zero-order chi connectivity index (χ0) is 13.4. The highest BCUT2D eigenvalue weighted by Crippen LogP contribution is 2.30. The van der Waals surface area contributed by atoms with Crippen LogP contribution in [0.25, 0.3) is 16.2 Å². The van der Waals surface area contributed by atoms with Crippen molar-refractivity contribution in [3.8, 4) is 16.6 Å². The third kappa shape index (κ3) is 2.07. The average molecular weight is 332 g/mol. The third-order valence-electron chi connectivity index (χ3n) is 3.00. The fourth-order valence-electron chi connectivity index (χ4n) is 2.06. The van der Waals surface area contributed by atoms with Crippen molar-refractivity contribution in [1.82, 2.24) is 9.38 Å². The number of fused-ring (bicyclic) bond motifs is 1. The van der Waals surface area contributed by atoms with Gasteiger partial charge in [0.05, 0.1) is 23.1 Å². The van der Waals surface area contributed by atoms with Crippen LogP contribution in [0.4, 0.5) is 0 Å². The van der Waals surface area contributed by atoms with Crippen molar-refractivity contribution in [2.24, 2.45) is 0 Å². The van der Waals surface area contributed by atoms with Crippen molar-refractivity contribution in [2.45, 2.75) is 13.3 Å². The van der Waals surface area contributed by atoms with Crippen molar-refractivity contribution < 1.29 is 0 Å². The molecular formula is C14H10BrN3S. The molecule has 0 saturated heterocycles. The van der Waals surface area contributed by atoms with Gasteiger partial charge in [0.1, 0.15) is 11.3 Å². The Morgan fingerprint density at radius 1 is 1.53 bits per heavy atom. The van der Waals surface area contributed by atoms with Crippen LogP contribution < -0.4 is 0 Å². The summed E-state index contributed by atoms with van der Waals surface area (Å²) in [5, 5.41) is 11.1. The predicted octanol–water partition coefficient (Wildman–Crippen LogP) is 4.20. The number of hydrogen-bond acceptors (Lipinski definition) is 3. The van der Waals surface area contributed by atoms with Crippen LogP contribution in [-0.2, 0) is 6.42 Å². The van der Waals surface area contributed by atoms with E-state index in [1.807, 2.05) is 41.1 Å². The fraction of sp³-hybridized carbons (Fsp3) is 0.143. The van der Waals surface area contributed by atoms with Gasteiger partial charge >= 0.3 is 0 Å². The van der Waals surface area contributed by atoms with Crippen LogP contribution in [-0.4, -0.2) is 9.38 Å². The van der Waals surface area contributed by atoms with Crippen molar-refractivity contribution in [1.29, 1.82) is 5.26 Å². The normalized spacial score (nSPS) is 10.8. The molecule has 0 fully saturated rings. The average Bonchev–Trinajstić information content (AvgIpc) is 3.00. The van der Waals surface area contributed by atoms with E-state index in [9.17, 15) is 0 Å². The van der Waals surface area contributed by atoms with Crippen LogP contribution in [0.3, 0.4) is 0 Å². The molecule has 0 amide bonds. The van der Waals surface area contributed by atoms with E-state index in [2.05, 4.69) is 27.0 Å². The van der Waals surface area contributed by atoms with Crippen LogP contribution >= 0.6 is 27.3 Å². The molecular weight excluding hydrogens is 322 g/mol. The predicted molar refractivity (Wildman–Crippen MR) is 80.3 cm³/mol. The number of rotatable bonds is 2. The van der Waals surface area contributed by atoms with E-state index >= 15 is 0 Å². The molecule has 0 radical (unpaired) electrons. The first-order valence-electron chi connectivity index (χ1n) is 5.78. The molecule has 0 saturated carbocycles. The smallest absolute Gasteiger partial charge is 0.138 e. The third-order valence-corrected chi connectivity index (χ3v) is 4.71. The molecule has 0 aromatic carbocycles. The number of nitrogens with zero attached hydrogens (tertiary/aromatic N) is 3. The molecule has 5 heteroatoms. The first-order valence-corrected chi connectivity index (χ1v) is 7.46. The van der Waals surface area contributed by atoms with Gasteiger partial charge in [-0.25, -0.2) is 4.98 Å². The highest BCUT2D eigenvalue weighted by atomic mass is 79.9. The largest absolute Gasteiger partial charge is 0.301 e. The topological polar surface area (TPSA) is 41.1 Å². The van der Waals surface area contributed by atoms with Crippen molar-refractivity contribution in [3.63, 3.8) is 0 Å². The van der Waals surface area contributed by atoms with Gasteiger partial charge in [0.2, 0.25) is 0 Å². The standard InChI is InChI=1S/C14H10BrN3S/c1-9-7-13-17-14(12-3-2-6-19-12)11(4-5-16)18(13)8-10(9)15/h2-3,6-8H,4H2,1H3. The summed E-state index contributed by atoms with van der Waals surface area (Å²) >= 11 is 5.17. The summed E-state index contributed by atoms with van der Waals surface area (Å²) in [4.78, 5) is 5.78. The van der Waals surface area contributed by atoms with Gasteiger partial charge in [-0.3, -0.25) is 0 Å². The van der Waals surface area contributed by atoms with Gasteiger partial charge in [0, 0.05) is 10.7 Å². The second-order valence-corrected chi connectivity index (χ2v) is 6.05. The minimum absolute atomic E-state index is 0.351. The maximum absolute atomic E-state index is 9.04. The van der Waals surface area contributed by atoms with Crippen LogP contribution in [0.1, 0.15) is 11.3 Å². The summed E-state index contributed by atoms with van der Waals surface area (Å²) < 4.78 is 3.02. The number of imidazole rings is 1. The summed E-state index contributed by atoms with van der Waals surface area (Å²) in [5.41, 5.74) is 3.88. The molecule has 0 aliphatic rings. The highest BCUT2D eigenvalue weighted by Gasteiger charge is 2.15. The Labute approximate surface area is 123 Å². The maximum atomic E-state index is 9.04. The van der Waals surface area contributed by atoms with Crippen molar-refractivity contribution >= 4 is 32.9 Å². The Morgan fingerprint density at radius 3 is 3.05 bits per heavy atom. The number of hydrogen-bond donors (Lipinski definition) is 0. The molecule has 19 heavy (non-hydrogen) atoms. The first kappa shape index (κ1) is 12.4. The molecule has 0 atom stereocenters. The Kier molecular flexibility index (Phi) is 3.13. The summed E-state index contributed by atoms with van der Waals surface area (Å²) in [5.74, 6) is 0. The Balaban J connectivity index is 2.33. The molecule has 0 aliphatic carbocycles. The lowest BCUT2D eigenvalue weighted by molar-refractivity contribution is 1.05. The molecule has 0 unspecified atom stereocenters. The van der Waals surface area contributed by atoms with Gasteiger partial charge in [-0.1, -0.05) is 6.07 Å². The number of aromatic nitrogens is 2. The second-order valence-electron chi connectivity index (χ2n) is 4.25. The molecule has 0 aliphatic heterocycles. The minimum Gasteiger partial charge on any atom is -0.301 e. The van der Waals surface area contributed by atoms with E-state index in [1.54, 1.807) is 11.3 Å². The van der Waals surface area contributed by atoms with E-state index in [0.717, 1.165) is 31.9 Å². The zero-order valence-corrected chi connectivity index (χ0v) is 12.6. The lowest BCUT2D eigenvalue weighted by Gasteiger charge is -2.02. The Morgan fingerprint density at radius 2 is 2.37 bits per heavy atom. The molecule has 3 aromatic rings. The van der Waals surface area contributed by atoms with Gasteiger partial charge < -0.3 is 4.40 Å². The molecule has 3 heterocycles. The second kappa shape index (κ2) is 4.80. The van der Waals surface area contributed by atoms with Crippen LogP contribution in [0, 0.1) is 18.3 Å². The number of halogens is 1. The molecule has 3 aromatic heterocycles. The first-order chi connectivity index (χ1) is 9.20. The van der Waals surface area contributed by atoms with E-state index in [0.29, 0.717) is 6.42 Å². The molecule has 0 N–H and O–H groups in total. The van der Waals surface area contributed by atoms with Gasteiger partial charge in [0.25, 0.3) is 0 Å². The summed E-state index contributed by atoms with van der Waals surface area (Å²) in [6, 6.07) is 8.30. The van der Waals surface area contributed by atoms with Crippen LogP contribution in [0.5, 0.6) is 0 Å². The van der Waals surface area contributed by atoms with Crippen LogP contribution in [0.2, 0.25) is 0 Å². The number of thiophene rings is 1. The molecule has 0 bridgehead atoms. The summed E-state index contributed by atoms with van der Waals surface area (Å²) in [6.07, 6.45) is 2.34. The van der Waals surface area contributed by atoms with E-state index in [4.69, 9.17) is 5.26 Å². The quantitative estimate of drug-likeness (QED) is 0.706. The van der Waals surface area contributed by atoms with Gasteiger partial charge in [0.15, 0.2) is 0 Å². The molecule has 0 spiro atoms.